The predicted octanol–water partition coefficient (Wildman–Crippen LogP) is 15.3. The SMILES string of the molecule is CC(C)C(C(C)CC1CC2CC(C3CC(C4C(C)C5C(C)C(C6CC7C6[C@@H]6C[C@H](C)[C@H]76)[C@H]5C4C)C3)C12)C(C)CC1CC2C1C1C2C2C1C1C2C2C1C1C(C3C(C)C4C3C3C4C4C5C6C(I)C6C5C34)C[C@@H]12. The molecule has 0 nitrogen and oxygen atoms in total. The third-order valence-electron chi connectivity index (χ3n) is 35.9. The molecule has 1 heteroatoms. The molecule has 70 heavy (non-hydrogen) atoms. The van der Waals surface area contributed by atoms with Crippen molar-refractivity contribution in [1.29, 1.82) is 0 Å². The highest BCUT2D eigenvalue weighted by atomic mass is 127. The molecule has 21 aliphatic rings. The summed E-state index contributed by atoms with van der Waals surface area (Å²) in [6.07, 6.45) is 16.4. The number of alkyl halides is 1. The van der Waals surface area contributed by atoms with Gasteiger partial charge in [0.1, 0.15) is 0 Å². The van der Waals surface area contributed by atoms with Crippen LogP contribution in [0.15, 0.2) is 0 Å². The van der Waals surface area contributed by atoms with Crippen molar-refractivity contribution in [3.05, 3.63) is 0 Å². The topological polar surface area (TPSA) is 0 Å². The van der Waals surface area contributed by atoms with Crippen molar-refractivity contribution in [2.24, 2.45) is 290 Å². The van der Waals surface area contributed by atoms with E-state index in [1.807, 2.05) is 0 Å². The molecule has 0 saturated heterocycles. The normalized spacial score (nSPS) is 77.2. The molecule has 21 fully saturated rings. The minimum absolute atomic E-state index is 0.860. The maximum Gasteiger partial charge on any atom is 0.0178 e. The largest absolute Gasteiger partial charge is 0.0820 e. The first-order chi connectivity index (χ1) is 33.9. The van der Waals surface area contributed by atoms with Gasteiger partial charge < -0.3 is 0 Å². The highest BCUT2D eigenvalue weighted by Crippen LogP contribution is 2.95. The van der Waals surface area contributed by atoms with Gasteiger partial charge in [0.15, 0.2) is 0 Å². The summed E-state index contributed by atoms with van der Waals surface area (Å²) < 4.78 is 1.11. The summed E-state index contributed by atoms with van der Waals surface area (Å²) in [6.45, 7) is 24.6. The van der Waals surface area contributed by atoms with Crippen LogP contribution in [0.25, 0.3) is 0 Å². The molecule has 47 atom stereocenters. The summed E-state index contributed by atoms with van der Waals surface area (Å²) in [7, 11) is 0. The van der Waals surface area contributed by atoms with Gasteiger partial charge in [-0.25, -0.2) is 0 Å². The first-order valence-electron chi connectivity index (χ1n) is 33.6. The Morgan fingerprint density at radius 1 is 0.300 bits per heavy atom. The van der Waals surface area contributed by atoms with Crippen molar-refractivity contribution in [3.8, 4) is 0 Å². The number of halogens is 1. The van der Waals surface area contributed by atoms with Gasteiger partial charge >= 0.3 is 0 Å². The first kappa shape index (κ1) is 41.8. The molecule has 21 aliphatic carbocycles. The molecule has 380 valence electrons. The maximum atomic E-state index is 2.87. The highest BCUT2D eigenvalue weighted by Gasteiger charge is 2.92. The van der Waals surface area contributed by atoms with Gasteiger partial charge in [0.05, 0.1) is 0 Å². The van der Waals surface area contributed by atoms with Crippen LogP contribution in [-0.2, 0) is 0 Å². The Bertz CT molecular complexity index is 2330. The lowest BCUT2D eigenvalue weighted by molar-refractivity contribution is -0.466. The Labute approximate surface area is 440 Å². The van der Waals surface area contributed by atoms with E-state index in [2.05, 4.69) is 84.9 Å². The monoisotopic (exact) mass is 1050 g/mol. The van der Waals surface area contributed by atoms with Crippen LogP contribution in [0.4, 0.5) is 0 Å². The van der Waals surface area contributed by atoms with Crippen molar-refractivity contribution >= 4 is 22.6 Å². The predicted molar refractivity (Wildman–Crippen MR) is 286 cm³/mol. The van der Waals surface area contributed by atoms with Gasteiger partial charge in [-0.1, -0.05) is 84.9 Å². The fourth-order valence-electron chi connectivity index (χ4n) is 34.7. The molecule has 21 rings (SSSR count). The average molecular weight is 1050 g/mol. The smallest absolute Gasteiger partial charge is 0.0178 e. The van der Waals surface area contributed by atoms with Gasteiger partial charge in [0, 0.05) is 3.92 Å². The van der Waals surface area contributed by atoms with Gasteiger partial charge in [0.2, 0.25) is 0 Å². The van der Waals surface area contributed by atoms with Gasteiger partial charge in [-0.15, -0.1) is 0 Å². The second kappa shape index (κ2) is 12.8. The van der Waals surface area contributed by atoms with Crippen LogP contribution in [0.2, 0.25) is 0 Å². The standard InChI is InChI=1S/C69H97I/c1-20(2)40(21(3)10-29-15-32-16-33(48(29)32)28-13-31(14-28)42-24(6)43-26(8)44(46(43)25(42)7)37-18-36-41-23(5)12-34(41)50(36)37)22(4)11-30-17-35-49(30)56-52(35)58-59-53-39-19-38(51(39)57(53)63(59)62(56)58)45-27(9)47-54(45)60-55(47)61-64(60)66-65(61)67-68(66)69(67)70/h20-69H,10-19H2,1-9H3/t21?,22?,23-,24?,25?,26?,27?,28?,29?,30?,31?,32?,33?,34+,35?,36?,37?,38?,39-,40?,41-,42?,43?,44?,45?,46-,47?,48?,49?,50?,51?,52?,53?,54?,55?,56?,57?,58?,59?,60?,61?,62?,63?,64?,65?,66?,67?,68?,69?/m0/s1. The Kier molecular flexibility index (Phi) is 7.61. The molecule has 0 heterocycles. The van der Waals surface area contributed by atoms with Crippen molar-refractivity contribution in [3.63, 3.8) is 0 Å². The molecule has 0 radical (unpaired) electrons. The van der Waals surface area contributed by atoms with Crippen LogP contribution >= 0.6 is 22.6 Å². The molecule has 0 aromatic carbocycles. The van der Waals surface area contributed by atoms with Crippen molar-refractivity contribution in [1.82, 2.24) is 0 Å². The van der Waals surface area contributed by atoms with E-state index >= 15 is 0 Å². The molecule has 0 aromatic heterocycles. The van der Waals surface area contributed by atoms with E-state index in [1.54, 1.807) is 64.2 Å². The second-order valence-corrected chi connectivity index (χ2v) is 37.0. The molecule has 0 aromatic rings. The lowest BCUT2D eigenvalue weighted by Crippen LogP contribution is -2.90. The van der Waals surface area contributed by atoms with E-state index < -0.39 is 0 Å². The second-order valence-electron chi connectivity index (χ2n) is 35.6. The Morgan fingerprint density at radius 2 is 0.729 bits per heavy atom. The van der Waals surface area contributed by atoms with E-state index in [1.165, 1.54) is 166 Å². The lowest BCUT2D eigenvalue weighted by Gasteiger charge is -2.93. The minimum atomic E-state index is 0.860. The molecule has 0 spiro atoms. The number of hydrogen-bond donors (Lipinski definition) is 0. The molecule has 42 unspecified atom stereocenters. The molecule has 0 bridgehead atoms. The van der Waals surface area contributed by atoms with Crippen LogP contribution in [0.3, 0.4) is 0 Å². The molecule has 0 N–H and O–H groups in total. The summed E-state index contributed by atoms with van der Waals surface area (Å²) >= 11 is 2.87. The quantitative estimate of drug-likeness (QED) is 0.110. The maximum absolute atomic E-state index is 2.87. The summed E-state index contributed by atoms with van der Waals surface area (Å²) in [5.41, 5.74) is 0. The van der Waals surface area contributed by atoms with Gasteiger partial charge in [-0.3, -0.25) is 0 Å². The van der Waals surface area contributed by atoms with Gasteiger partial charge in [-0.2, -0.15) is 0 Å². The Balaban J connectivity index is 0.435. The molecular formula is C69H97I. The highest BCUT2D eigenvalue weighted by molar-refractivity contribution is 14.1. The molecule has 0 aliphatic heterocycles. The van der Waals surface area contributed by atoms with E-state index in [9.17, 15) is 0 Å². The number of rotatable bonds is 11. The van der Waals surface area contributed by atoms with Crippen molar-refractivity contribution < 1.29 is 0 Å². The molecule has 21 saturated carbocycles. The zero-order valence-electron chi connectivity index (χ0n) is 45.3. The van der Waals surface area contributed by atoms with Gasteiger partial charge in [-0.05, 0) is 354 Å². The summed E-state index contributed by atoms with van der Waals surface area (Å²) in [6, 6.07) is 0. The number of fused-ring (bicyclic) bond motifs is 35. The van der Waals surface area contributed by atoms with E-state index in [-0.39, 0.29) is 0 Å². The third-order valence-corrected chi connectivity index (χ3v) is 37.6. The molecule has 0 amide bonds. The van der Waals surface area contributed by atoms with Crippen LogP contribution in [0, 0.1) is 290 Å². The summed E-state index contributed by atoms with van der Waals surface area (Å²) in [5, 5.41) is 0. The van der Waals surface area contributed by atoms with Crippen LogP contribution < -0.4 is 0 Å². The summed E-state index contributed by atoms with van der Waals surface area (Å²) in [5.74, 6) is 56.8. The third kappa shape index (κ3) is 4.06. The molecular weight excluding hydrogens is 956 g/mol. The fraction of sp³-hybridized carbons (Fsp3) is 1.00. The summed E-state index contributed by atoms with van der Waals surface area (Å²) in [4.78, 5) is 0. The first-order valence-corrected chi connectivity index (χ1v) is 34.8. The van der Waals surface area contributed by atoms with Crippen LogP contribution in [-0.4, -0.2) is 3.92 Å². The number of hydrogen-bond acceptors (Lipinski definition) is 0. The van der Waals surface area contributed by atoms with Gasteiger partial charge in [0.25, 0.3) is 0 Å². The fourth-order valence-corrected chi connectivity index (χ4v) is 36.4. The van der Waals surface area contributed by atoms with Crippen molar-refractivity contribution in [2.75, 3.05) is 0 Å². The van der Waals surface area contributed by atoms with Crippen molar-refractivity contribution in [2.45, 2.75) is 130 Å². The minimum Gasteiger partial charge on any atom is -0.0820 e. The zero-order valence-corrected chi connectivity index (χ0v) is 47.5. The average Bonchev–Trinajstić information content (AvgIpc) is 3.75. The Hall–Kier alpha value is 0.730. The van der Waals surface area contributed by atoms with E-state index in [0.29, 0.717) is 0 Å². The van der Waals surface area contributed by atoms with Crippen LogP contribution in [0.5, 0.6) is 0 Å². The lowest BCUT2D eigenvalue weighted by atomic mass is 9.11. The van der Waals surface area contributed by atoms with E-state index in [4.69, 9.17) is 0 Å². The van der Waals surface area contributed by atoms with E-state index in [0.717, 1.165) is 128 Å². The van der Waals surface area contributed by atoms with Crippen LogP contribution in [0.1, 0.15) is 127 Å². The zero-order chi connectivity index (χ0) is 45.9. The Morgan fingerprint density at radius 3 is 1.36 bits per heavy atom.